The molecular weight excluding hydrogens is 412 g/mol. The lowest BCUT2D eigenvalue weighted by atomic mass is 9.98. The zero-order valence-corrected chi connectivity index (χ0v) is 18.7. The number of benzene rings is 2. The molecule has 0 unspecified atom stereocenters. The normalized spacial score (nSPS) is 14.3. The molecule has 0 radical (unpaired) electrons. The summed E-state index contributed by atoms with van der Waals surface area (Å²) in [4.78, 5) is 17.1. The fourth-order valence-electron chi connectivity index (χ4n) is 4.16. The van der Waals surface area contributed by atoms with E-state index in [1.54, 1.807) is 0 Å². The Kier molecular flexibility index (Phi) is 6.04. The Morgan fingerprint density at radius 2 is 1.79 bits per heavy atom. The van der Waals surface area contributed by atoms with Crippen LogP contribution in [0.4, 0.5) is 11.6 Å². The van der Waals surface area contributed by atoms with Crippen molar-refractivity contribution in [2.45, 2.75) is 19.8 Å². The highest BCUT2D eigenvalue weighted by atomic mass is 16.1. The fourth-order valence-corrected chi connectivity index (χ4v) is 4.16. The van der Waals surface area contributed by atoms with E-state index in [0.717, 1.165) is 55.1 Å². The number of pyridine rings is 1. The van der Waals surface area contributed by atoms with Crippen LogP contribution in [0.25, 0.3) is 16.9 Å². The van der Waals surface area contributed by atoms with Crippen molar-refractivity contribution < 1.29 is 4.79 Å². The van der Waals surface area contributed by atoms with Crippen molar-refractivity contribution in [2.75, 3.05) is 25.0 Å². The van der Waals surface area contributed by atoms with E-state index < -0.39 is 0 Å². The van der Waals surface area contributed by atoms with Crippen LogP contribution in [0, 0.1) is 12.8 Å². The van der Waals surface area contributed by atoms with Gasteiger partial charge >= 0.3 is 0 Å². The number of carbonyl (C=O) groups is 1. The number of hydrogen-bond donors (Lipinski definition) is 3. The summed E-state index contributed by atoms with van der Waals surface area (Å²) >= 11 is 0. The van der Waals surface area contributed by atoms with Crippen LogP contribution in [-0.2, 0) is 0 Å². The Balaban J connectivity index is 1.27. The smallest absolute Gasteiger partial charge is 0.251 e. The van der Waals surface area contributed by atoms with Crippen molar-refractivity contribution >= 4 is 23.2 Å². The molecule has 7 nitrogen and oxygen atoms in total. The summed E-state index contributed by atoms with van der Waals surface area (Å²) in [6.45, 7) is 4.87. The van der Waals surface area contributed by atoms with E-state index in [-0.39, 0.29) is 5.91 Å². The van der Waals surface area contributed by atoms with Gasteiger partial charge in [-0.3, -0.25) is 4.79 Å². The number of hydrogen-bond acceptors (Lipinski definition) is 5. The highest BCUT2D eigenvalue weighted by Gasteiger charge is 2.15. The molecule has 33 heavy (non-hydrogen) atoms. The summed E-state index contributed by atoms with van der Waals surface area (Å²) in [6, 6.07) is 21.7. The van der Waals surface area contributed by atoms with Crippen molar-refractivity contribution in [1.82, 2.24) is 25.2 Å². The van der Waals surface area contributed by atoms with E-state index in [4.69, 9.17) is 0 Å². The minimum absolute atomic E-state index is 0.0336. The number of aryl methyl sites for hydroxylation is 1. The summed E-state index contributed by atoms with van der Waals surface area (Å²) in [5.74, 6) is 1.04. The maximum atomic E-state index is 12.5. The van der Waals surface area contributed by atoms with Gasteiger partial charge < -0.3 is 16.0 Å². The molecule has 168 valence electrons. The van der Waals surface area contributed by atoms with Crippen molar-refractivity contribution in [2.24, 2.45) is 5.92 Å². The molecule has 0 bridgehead atoms. The number of amides is 1. The third kappa shape index (κ3) is 4.88. The van der Waals surface area contributed by atoms with Crippen LogP contribution in [0.15, 0.2) is 66.7 Å². The average Bonchev–Trinajstić information content (AvgIpc) is 3.27. The summed E-state index contributed by atoms with van der Waals surface area (Å²) < 4.78 is 1.84. The van der Waals surface area contributed by atoms with Gasteiger partial charge in [-0.15, -0.1) is 5.10 Å². The first-order valence-corrected chi connectivity index (χ1v) is 11.4. The van der Waals surface area contributed by atoms with Crippen LogP contribution in [0.1, 0.15) is 28.8 Å². The van der Waals surface area contributed by atoms with Gasteiger partial charge in [-0.25, -0.2) is 4.52 Å². The minimum atomic E-state index is -0.0336. The third-order valence-corrected chi connectivity index (χ3v) is 6.12. The van der Waals surface area contributed by atoms with Crippen LogP contribution in [0.5, 0.6) is 0 Å². The molecule has 3 N–H and O–H groups in total. The molecule has 0 spiro atoms. The van der Waals surface area contributed by atoms with Gasteiger partial charge in [0.2, 0.25) is 5.95 Å². The molecule has 1 aliphatic heterocycles. The molecule has 0 atom stereocenters. The van der Waals surface area contributed by atoms with Crippen molar-refractivity contribution in [3.05, 3.63) is 77.9 Å². The van der Waals surface area contributed by atoms with E-state index in [1.165, 1.54) is 5.56 Å². The van der Waals surface area contributed by atoms with Gasteiger partial charge in [-0.2, -0.15) is 4.98 Å². The average molecular weight is 441 g/mol. The van der Waals surface area contributed by atoms with E-state index >= 15 is 0 Å². The van der Waals surface area contributed by atoms with Gasteiger partial charge in [0, 0.05) is 23.4 Å². The van der Waals surface area contributed by atoms with Gasteiger partial charge in [0.25, 0.3) is 5.91 Å². The summed E-state index contributed by atoms with van der Waals surface area (Å²) in [6.07, 6.45) is 2.22. The van der Waals surface area contributed by atoms with E-state index in [9.17, 15) is 4.79 Å². The second kappa shape index (κ2) is 9.42. The second-order valence-electron chi connectivity index (χ2n) is 8.59. The predicted octanol–water partition coefficient (Wildman–Crippen LogP) is 4.18. The molecular formula is C26H28N6O. The monoisotopic (exact) mass is 440 g/mol. The first kappa shape index (κ1) is 21.2. The van der Waals surface area contributed by atoms with Crippen molar-refractivity contribution in [3.63, 3.8) is 0 Å². The lowest BCUT2D eigenvalue weighted by Gasteiger charge is -2.22. The van der Waals surface area contributed by atoms with E-state index in [1.807, 2.05) is 47.0 Å². The van der Waals surface area contributed by atoms with Crippen LogP contribution in [0.2, 0.25) is 0 Å². The Morgan fingerprint density at radius 1 is 1.03 bits per heavy atom. The Bertz CT molecular complexity index is 1240. The number of carbonyl (C=O) groups excluding carboxylic acids is 1. The maximum absolute atomic E-state index is 12.5. The number of nitrogens with one attached hydrogen (secondary N) is 3. The number of aromatic nitrogens is 3. The van der Waals surface area contributed by atoms with Gasteiger partial charge in [-0.1, -0.05) is 35.9 Å². The topological polar surface area (TPSA) is 83.3 Å². The molecule has 1 saturated heterocycles. The lowest BCUT2D eigenvalue weighted by molar-refractivity contribution is 0.0944. The first-order chi connectivity index (χ1) is 16.2. The Hall–Kier alpha value is -3.71. The number of piperidine rings is 1. The molecule has 3 heterocycles. The molecule has 0 saturated carbocycles. The fraction of sp³-hybridized carbons (Fsp3) is 0.269. The van der Waals surface area contributed by atoms with Crippen molar-refractivity contribution in [1.29, 1.82) is 0 Å². The second-order valence-corrected chi connectivity index (χ2v) is 8.59. The molecule has 1 amide bonds. The van der Waals surface area contributed by atoms with Gasteiger partial charge in [-0.05, 0) is 75.2 Å². The maximum Gasteiger partial charge on any atom is 0.251 e. The Morgan fingerprint density at radius 3 is 2.55 bits per heavy atom. The third-order valence-electron chi connectivity index (χ3n) is 6.12. The van der Waals surface area contributed by atoms with E-state index in [2.05, 4.69) is 57.2 Å². The standard InChI is InChI=1S/C26H28N6O/c1-18-5-7-20(8-6-18)23-3-2-4-24-30-26(31-32(23)24)29-22-11-9-21(10-12-22)25(33)28-17-19-13-15-27-16-14-19/h2-12,19,27H,13-17H2,1H3,(H,28,33)(H,29,31). The number of rotatable bonds is 6. The molecule has 4 aromatic rings. The largest absolute Gasteiger partial charge is 0.352 e. The molecule has 7 heteroatoms. The Labute approximate surface area is 193 Å². The SMILES string of the molecule is Cc1ccc(-c2cccc3nc(Nc4ccc(C(=O)NCC5CCNCC5)cc4)nn23)cc1. The zero-order valence-electron chi connectivity index (χ0n) is 18.7. The van der Waals surface area contributed by atoms with Gasteiger partial charge in [0.05, 0.1) is 5.69 Å². The number of nitrogens with zero attached hydrogens (tertiary/aromatic N) is 3. The van der Waals surface area contributed by atoms with Gasteiger partial charge in [0.1, 0.15) is 0 Å². The van der Waals surface area contributed by atoms with Crippen LogP contribution >= 0.6 is 0 Å². The highest BCUT2D eigenvalue weighted by Crippen LogP contribution is 2.22. The van der Waals surface area contributed by atoms with Gasteiger partial charge in [0.15, 0.2) is 5.65 Å². The number of fused-ring (bicyclic) bond motifs is 1. The zero-order chi connectivity index (χ0) is 22.6. The molecule has 1 aliphatic rings. The molecule has 5 rings (SSSR count). The molecule has 2 aromatic carbocycles. The summed E-state index contributed by atoms with van der Waals surface area (Å²) in [5, 5.41) is 14.3. The minimum Gasteiger partial charge on any atom is -0.352 e. The molecule has 0 aliphatic carbocycles. The highest BCUT2D eigenvalue weighted by molar-refractivity contribution is 5.94. The van der Waals surface area contributed by atoms with E-state index in [0.29, 0.717) is 17.4 Å². The number of anilines is 2. The molecule has 1 fully saturated rings. The predicted molar refractivity (Wildman–Crippen MR) is 131 cm³/mol. The first-order valence-electron chi connectivity index (χ1n) is 11.4. The summed E-state index contributed by atoms with van der Waals surface area (Å²) in [5.41, 5.74) is 5.54. The quantitative estimate of drug-likeness (QED) is 0.419. The van der Waals surface area contributed by atoms with Crippen LogP contribution in [0.3, 0.4) is 0 Å². The van der Waals surface area contributed by atoms with Crippen LogP contribution < -0.4 is 16.0 Å². The molecule has 2 aromatic heterocycles. The lowest BCUT2D eigenvalue weighted by Crippen LogP contribution is -2.35. The summed E-state index contributed by atoms with van der Waals surface area (Å²) in [7, 11) is 0. The van der Waals surface area contributed by atoms with Crippen LogP contribution in [-0.4, -0.2) is 40.1 Å². The van der Waals surface area contributed by atoms with Crippen molar-refractivity contribution in [3.8, 4) is 11.3 Å².